The molecule has 0 spiro atoms. The van der Waals surface area contributed by atoms with Crippen molar-refractivity contribution < 1.29 is 0 Å². The highest BCUT2D eigenvalue weighted by atomic mass is 15.2. The first-order chi connectivity index (χ1) is 15.9. The van der Waals surface area contributed by atoms with E-state index in [0.29, 0.717) is 0 Å². The van der Waals surface area contributed by atoms with Gasteiger partial charge in [0.15, 0.2) is 0 Å². The van der Waals surface area contributed by atoms with E-state index in [4.69, 9.17) is 0 Å². The predicted molar refractivity (Wildman–Crippen MR) is 136 cm³/mol. The lowest BCUT2D eigenvalue weighted by atomic mass is 10.0. The topological polar surface area (TPSA) is 6.48 Å². The Hall–Kier alpha value is -4.30. The highest BCUT2D eigenvalue weighted by molar-refractivity contribution is 5.97. The molecule has 4 aromatic rings. The Kier molecular flexibility index (Phi) is 4.47. The third kappa shape index (κ3) is 3.05. The van der Waals surface area contributed by atoms with Crippen LogP contribution in [0.2, 0.25) is 0 Å². The molecule has 0 amide bonds. The quantitative estimate of drug-likeness (QED) is 0.334. The second kappa shape index (κ2) is 7.75. The number of fused-ring (bicyclic) bond motifs is 2. The number of hydrogen-bond donors (Lipinski definition) is 0. The van der Waals surface area contributed by atoms with E-state index >= 15 is 0 Å². The highest BCUT2D eigenvalue weighted by Crippen LogP contribution is 2.37. The first-order valence-electron chi connectivity index (χ1n) is 10.9. The van der Waals surface area contributed by atoms with Crippen LogP contribution in [0.15, 0.2) is 145 Å². The molecule has 32 heavy (non-hydrogen) atoms. The summed E-state index contributed by atoms with van der Waals surface area (Å²) in [6, 6.07) is 30.1. The van der Waals surface area contributed by atoms with Crippen LogP contribution in [0.25, 0.3) is 21.5 Å². The lowest BCUT2D eigenvalue weighted by Gasteiger charge is -2.32. The second-order valence-corrected chi connectivity index (χ2v) is 7.91. The van der Waals surface area contributed by atoms with E-state index in [1.165, 1.54) is 32.9 Å². The minimum Gasteiger partial charge on any atom is -0.315 e. The second-order valence-electron chi connectivity index (χ2n) is 7.91. The zero-order valence-electron chi connectivity index (χ0n) is 17.6. The van der Waals surface area contributed by atoms with Gasteiger partial charge < -0.3 is 9.80 Å². The van der Waals surface area contributed by atoms with Crippen LogP contribution in [-0.4, -0.2) is 0 Å². The first-order valence-corrected chi connectivity index (χ1v) is 10.9. The highest BCUT2D eigenvalue weighted by Gasteiger charge is 2.21. The lowest BCUT2D eigenvalue weighted by Crippen LogP contribution is -2.25. The third-order valence-electron chi connectivity index (χ3n) is 6.03. The van der Waals surface area contributed by atoms with Gasteiger partial charge in [0.2, 0.25) is 0 Å². The van der Waals surface area contributed by atoms with Crippen LogP contribution >= 0.6 is 0 Å². The van der Waals surface area contributed by atoms with E-state index in [0.717, 1.165) is 11.4 Å². The van der Waals surface area contributed by atoms with Crippen molar-refractivity contribution in [1.29, 1.82) is 0 Å². The number of allylic oxidation sites excluding steroid dienone is 6. The molecule has 2 heterocycles. The number of nitrogens with zero attached hydrogens (tertiary/aromatic N) is 2. The largest absolute Gasteiger partial charge is 0.315 e. The molecule has 2 aliphatic heterocycles. The van der Waals surface area contributed by atoms with Crippen LogP contribution in [0.5, 0.6) is 0 Å². The number of benzene rings is 4. The first kappa shape index (κ1) is 18.5. The van der Waals surface area contributed by atoms with E-state index in [1.54, 1.807) is 0 Å². The Morgan fingerprint density at radius 1 is 0.406 bits per heavy atom. The van der Waals surface area contributed by atoms with Crippen molar-refractivity contribution in [3.8, 4) is 0 Å². The number of rotatable bonds is 2. The summed E-state index contributed by atoms with van der Waals surface area (Å²) in [6.07, 6.45) is 17.1. The van der Waals surface area contributed by atoms with Crippen LogP contribution in [0, 0.1) is 0 Å². The maximum Gasteiger partial charge on any atom is 0.0696 e. The molecule has 0 atom stereocenters. The van der Waals surface area contributed by atoms with Gasteiger partial charge in [-0.3, -0.25) is 0 Å². The van der Waals surface area contributed by atoms with Crippen LogP contribution < -0.4 is 9.80 Å². The normalized spacial score (nSPS) is 17.6. The van der Waals surface area contributed by atoms with Gasteiger partial charge in [0, 0.05) is 23.2 Å². The monoisotopic (exact) mass is 410 g/mol. The lowest BCUT2D eigenvalue weighted by molar-refractivity contribution is 1.10. The van der Waals surface area contributed by atoms with Crippen molar-refractivity contribution >= 4 is 32.9 Å². The van der Waals surface area contributed by atoms with Gasteiger partial charge in [0.05, 0.1) is 22.8 Å². The van der Waals surface area contributed by atoms with E-state index in [-0.39, 0.29) is 0 Å². The van der Waals surface area contributed by atoms with Gasteiger partial charge in [-0.15, -0.1) is 0 Å². The molecule has 0 saturated carbocycles. The van der Waals surface area contributed by atoms with E-state index in [9.17, 15) is 0 Å². The van der Waals surface area contributed by atoms with E-state index in [1.807, 2.05) is 0 Å². The molecule has 0 aromatic heterocycles. The van der Waals surface area contributed by atoms with Crippen molar-refractivity contribution in [1.82, 2.24) is 0 Å². The molecule has 2 aliphatic rings. The summed E-state index contributed by atoms with van der Waals surface area (Å²) in [5.74, 6) is 0. The molecule has 0 bridgehead atoms. The van der Waals surface area contributed by atoms with Crippen molar-refractivity contribution in [3.05, 3.63) is 145 Å². The zero-order chi connectivity index (χ0) is 21.3. The molecular weight excluding hydrogens is 388 g/mol. The van der Waals surface area contributed by atoms with Gasteiger partial charge in [-0.25, -0.2) is 0 Å². The smallest absolute Gasteiger partial charge is 0.0696 e. The van der Waals surface area contributed by atoms with Gasteiger partial charge in [-0.2, -0.15) is 0 Å². The van der Waals surface area contributed by atoms with Crippen molar-refractivity contribution in [2.24, 2.45) is 0 Å². The van der Waals surface area contributed by atoms with Gasteiger partial charge >= 0.3 is 0 Å². The zero-order valence-corrected chi connectivity index (χ0v) is 17.6. The van der Waals surface area contributed by atoms with Crippen molar-refractivity contribution in [3.63, 3.8) is 0 Å². The SMILES string of the molecule is C1=CC(=C2C=CC=CN2c2cccc3ccccc23)N(c2cccc3ccccc23)C=C1. The van der Waals surface area contributed by atoms with Crippen LogP contribution in [0.3, 0.4) is 0 Å². The fraction of sp³-hybridized carbons (Fsp3) is 0. The molecule has 0 unspecified atom stereocenters. The average Bonchev–Trinajstić information content (AvgIpc) is 2.88. The Labute approximate surface area is 188 Å². The van der Waals surface area contributed by atoms with Crippen molar-refractivity contribution in [2.75, 3.05) is 9.80 Å². The molecular formula is C30H22N2. The Balaban J connectivity index is 1.56. The van der Waals surface area contributed by atoms with Gasteiger partial charge in [0.25, 0.3) is 0 Å². The Morgan fingerprint density at radius 2 is 0.844 bits per heavy atom. The van der Waals surface area contributed by atoms with Crippen LogP contribution in [0.4, 0.5) is 11.4 Å². The molecule has 0 N–H and O–H groups in total. The third-order valence-corrected chi connectivity index (χ3v) is 6.03. The van der Waals surface area contributed by atoms with Crippen molar-refractivity contribution in [2.45, 2.75) is 0 Å². The summed E-state index contributed by atoms with van der Waals surface area (Å²) in [4.78, 5) is 4.58. The maximum atomic E-state index is 2.29. The summed E-state index contributed by atoms with van der Waals surface area (Å²) in [7, 11) is 0. The fourth-order valence-corrected chi connectivity index (χ4v) is 4.56. The number of anilines is 2. The fourth-order valence-electron chi connectivity index (χ4n) is 4.56. The summed E-state index contributed by atoms with van der Waals surface area (Å²) in [6.45, 7) is 0. The summed E-state index contributed by atoms with van der Waals surface area (Å²) in [5, 5.41) is 4.95. The molecule has 2 nitrogen and oxygen atoms in total. The average molecular weight is 411 g/mol. The van der Waals surface area contributed by atoms with E-state index < -0.39 is 0 Å². The minimum atomic E-state index is 1.14. The van der Waals surface area contributed by atoms with E-state index in [2.05, 4.69) is 144 Å². The minimum absolute atomic E-state index is 1.14. The maximum absolute atomic E-state index is 2.29. The molecule has 2 heteroatoms. The summed E-state index contributed by atoms with van der Waals surface area (Å²) >= 11 is 0. The molecule has 152 valence electrons. The van der Waals surface area contributed by atoms with Gasteiger partial charge in [-0.1, -0.05) is 84.9 Å². The molecule has 0 fully saturated rings. The molecule has 4 aromatic carbocycles. The van der Waals surface area contributed by atoms with Crippen LogP contribution in [0.1, 0.15) is 0 Å². The molecule has 0 radical (unpaired) electrons. The molecule has 0 aliphatic carbocycles. The standard InChI is InChI=1S/C30H22N2/c1-3-15-25-23(11-1)13-9-19-27(25)31-21-7-5-17-29(31)30-18-6-8-22-32(30)28-20-10-14-24-12-2-4-16-26(24)28/h1-22H. The number of hydrogen-bond acceptors (Lipinski definition) is 2. The van der Waals surface area contributed by atoms with Gasteiger partial charge in [0.1, 0.15) is 0 Å². The molecule has 0 saturated heterocycles. The summed E-state index contributed by atoms with van der Waals surface area (Å²) < 4.78 is 0. The summed E-state index contributed by atoms with van der Waals surface area (Å²) in [5.41, 5.74) is 4.62. The van der Waals surface area contributed by atoms with Gasteiger partial charge in [-0.05, 0) is 47.2 Å². The van der Waals surface area contributed by atoms with Crippen LogP contribution in [-0.2, 0) is 0 Å². The molecule has 6 rings (SSSR count). The predicted octanol–water partition coefficient (Wildman–Crippen LogP) is 7.68. The Bertz CT molecular complexity index is 1360. The Morgan fingerprint density at radius 3 is 1.34 bits per heavy atom.